The maximum atomic E-state index is 6.19. The van der Waals surface area contributed by atoms with Crippen LogP contribution in [0.5, 0.6) is 5.75 Å². The minimum Gasteiger partial charge on any atom is -0.484 e. The van der Waals surface area contributed by atoms with E-state index >= 15 is 0 Å². The normalized spacial score (nSPS) is 18.3. The van der Waals surface area contributed by atoms with Gasteiger partial charge in [0.1, 0.15) is 11.9 Å². The van der Waals surface area contributed by atoms with Crippen molar-refractivity contribution in [3.8, 4) is 5.75 Å². The third-order valence-electron chi connectivity index (χ3n) is 3.22. The van der Waals surface area contributed by atoms with Crippen molar-refractivity contribution in [1.29, 1.82) is 0 Å². The van der Waals surface area contributed by atoms with Gasteiger partial charge in [-0.2, -0.15) is 0 Å². The Hall–Kier alpha value is -1.22. The predicted octanol–water partition coefficient (Wildman–Crippen LogP) is 4.22. The van der Waals surface area contributed by atoms with Crippen LogP contribution in [0.2, 0.25) is 10.0 Å². The molecule has 0 aliphatic carbocycles. The number of fused-ring (bicyclic) bond motifs is 1. The number of rotatable bonds is 1. The number of hydrogen-bond donors (Lipinski definition) is 1. The second-order valence-corrected chi connectivity index (χ2v) is 5.35. The molecule has 0 fully saturated rings. The van der Waals surface area contributed by atoms with Crippen LogP contribution in [0.4, 0.5) is 0 Å². The van der Waals surface area contributed by atoms with E-state index in [1.165, 1.54) is 0 Å². The van der Waals surface area contributed by atoms with Crippen LogP contribution >= 0.6 is 23.2 Å². The van der Waals surface area contributed by atoms with Gasteiger partial charge in [-0.15, -0.1) is 0 Å². The van der Waals surface area contributed by atoms with Crippen LogP contribution in [0.15, 0.2) is 42.5 Å². The molecule has 0 saturated heterocycles. The predicted molar refractivity (Wildman–Crippen MR) is 78.0 cm³/mol. The average molecular weight is 294 g/mol. The lowest BCUT2D eigenvalue weighted by molar-refractivity contribution is 0.210. The largest absolute Gasteiger partial charge is 0.484 e. The van der Waals surface area contributed by atoms with Gasteiger partial charge in [0, 0.05) is 28.7 Å². The summed E-state index contributed by atoms with van der Waals surface area (Å²) < 4.78 is 6.07. The summed E-state index contributed by atoms with van der Waals surface area (Å²) in [6, 6.07) is 13.5. The van der Waals surface area contributed by atoms with Gasteiger partial charge in [-0.3, -0.25) is 0 Å². The molecule has 0 radical (unpaired) electrons. The Labute approximate surface area is 122 Å². The van der Waals surface area contributed by atoms with E-state index in [-0.39, 0.29) is 6.10 Å². The maximum Gasteiger partial charge on any atom is 0.136 e. The van der Waals surface area contributed by atoms with Gasteiger partial charge in [0.05, 0.1) is 0 Å². The summed E-state index contributed by atoms with van der Waals surface area (Å²) in [5.41, 5.74) is 2.12. The highest BCUT2D eigenvalue weighted by molar-refractivity contribution is 6.31. The van der Waals surface area contributed by atoms with Crippen molar-refractivity contribution in [3.63, 3.8) is 0 Å². The third-order valence-corrected chi connectivity index (χ3v) is 3.82. The lowest BCUT2D eigenvalue weighted by Gasteiger charge is -2.17. The van der Waals surface area contributed by atoms with Crippen molar-refractivity contribution < 1.29 is 4.74 Å². The van der Waals surface area contributed by atoms with E-state index in [0.29, 0.717) is 0 Å². The van der Waals surface area contributed by atoms with Gasteiger partial charge >= 0.3 is 0 Å². The molecule has 4 heteroatoms. The van der Waals surface area contributed by atoms with Gasteiger partial charge in [0.2, 0.25) is 0 Å². The van der Waals surface area contributed by atoms with Gasteiger partial charge in [0.15, 0.2) is 0 Å². The number of nitrogens with one attached hydrogen (secondary N) is 1. The van der Waals surface area contributed by atoms with Crippen LogP contribution in [0.3, 0.4) is 0 Å². The fourth-order valence-corrected chi connectivity index (χ4v) is 2.57. The molecule has 1 aliphatic heterocycles. The van der Waals surface area contributed by atoms with Crippen molar-refractivity contribution >= 4 is 23.2 Å². The molecule has 2 aromatic carbocycles. The molecule has 1 aliphatic rings. The molecule has 0 aromatic heterocycles. The van der Waals surface area contributed by atoms with Crippen LogP contribution in [0, 0.1) is 0 Å². The first kappa shape index (κ1) is 12.8. The van der Waals surface area contributed by atoms with Crippen LogP contribution < -0.4 is 10.1 Å². The Morgan fingerprint density at radius 3 is 2.63 bits per heavy atom. The molecule has 2 aromatic rings. The van der Waals surface area contributed by atoms with E-state index in [1.807, 2.05) is 42.5 Å². The summed E-state index contributed by atoms with van der Waals surface area (Å²) in [5, 5.41) is 4.83. The lowest BCUT2D eigenvalue weighted by atomic mass is 10.1. The molecule has 19 heavy (non-hydrogen) atoms. The van der Waals surface area contributed by atoms with Crippen molar-refractivity contribution in [2.24, 2.45) is 0 Å². The Bertz CT molecular complexity index is 583. The smallest absolute Gasteiger partial charge is 0.136 e. The number of hydrogen-bond acceptors (Lipinski definition) is 2. The van der Waals surface area contributed by atoms with Crippen molar-refractivity contribution in [1.82, 2.24) is 5.32 Å². The fourth-order valence-electron chi connectivity index (χ4n) is 2.21. The zero-order chi connectivity index (χ0) is 13.2. The molecule has 0 saturated carbocycles. The molecule has 2 nitrogen and oxygen atoms in total. The Balaban J connectivity index is 1.92. The third kappa shape index (κ3) is 2.71. The van der Waals surface area contributed by atoms with Gasteiger partial charge in [0.25, 0.3) is 0 Å². The quantitative estimate of drug-likeness (QED) is 0.850. The maximum absolute atomic E-state index is 6.19. The first-order valence-electron chi connectivity index (χ1n) is 6.14. The molecule has 0 bridgehead atoms. The minimum absolute atomic E-state index is 0.0306. The molecule has 98 valence electrons. The highest BCUT2D eigenvalue weighted by Gasteiger charge is 2.20. The molecule has 1 N–H and O–H groups in total. The summed E-state index contributed by atoms with van der Waals surface area (Å²) in [6.45, 7) is 1.46. The van der Waals surface area contributed by atoms with Crippen molar-refractivity contribution in [2.45, 2.75) is 12.6 Å². The lowest BCUT2D eigenvalue weighted by Crippen LogP contribution is -2.21. The topological polar surface area (TPSA) is 21.3 Å². The van der Waals surface area contributed by atoms with Gasteiger partial charge in [-0.05, 0) is 29.8 Å². The van der Waals surface area contributed by atoms with E-state index in [4.69, 9.17) is 27.9 Å². The zero-order valence-corrected chi connectivity index (χ0v) is 11.7. The first-order valence-corrected chi connectivity index (χ1v) is 6.90. The minimum atomic E-state index is -0.0306. The Morgan fingerprint density at radius 2 is 1.84 bits per heavy atom. The van der Waals surface area contributed by atoms with E-state index in [9.17, 15) is 0 Å². The van der Waals surface area contributed by atoms with E-state index in [1.54, 1.807) is 0 Å². The van der Waals surface area contributed by atoms with Crippen LogP contribution in [-0.2, 0) is 6.54 Å². The van der Waals surface area contributed by atoms with Crippen LogP contribution in [0.25, 0.3) is 0 Å². The summed E-state index contributed by atoms with van der Waals surface area (Å²) in [5.74, 6) is 0.845. The Morgan fingerprint density at radius 1 is 1.05 bits per heavy atom. The molecule has 0 amide bonds. The summed E-state index contributed by atoms with van der Waals surface area (Å²) in [7, 11) is 0. The summed E-state index contributed by atoms with van der Waals surface area (Å²) >= 11 is 12.1. The van der Waals surface area contributed by atoms with E-state index in [0.717, 1.165) is 40.0 Å². The van der Waals surface area contributed by atoms with Gasteiger partial charge in [-0.1, -0.05) is 41.4 Å². The standard InChI is InChI=1S/C15H13Cl2NO/c16-11-6-4-10(5-7-11)15-9-18-8-12-13(17)2-1-3-14(12)19-15/h1-7,15,18H,8-9H2. The van der Waals surface area contributed by atoms with Crippen LogP contribution in [-0.4, -0.2) is 6.54 Å². The summed E-state index contributed by atoms with van der Waals surface area (Å²) in [6.07, 6.45) is -0.0306. The number of benzene rings is 2. The molecule has 1 unspecified atom stereocenters. The number of halogens is 2. The van der Waals surface area contributed by atoms with Crippen LogP contribution in [0.1, 0.15) is 17.2 Å². The van der Waals surface area contributed by atoms with Gasteiger partial charge in [-0.25, -0.2) is 0 Å². The second-order valence-electron chi connectivity index (χ2n) is 4.51. The van der Waals surface area contributed by atoms with E-state index in [2.05, 4.69) is 5.32 Å². The fraction of sp³-hybridized carbons (Fsp3) is 0.200. The molecular formula is C15H13Cl2NO. The molecule has 3 rings (SSSR count). The monoisotopic (exact) mass is 293 g/mol. The highest BCUT2D eigenvalue weighted by atomic mass is 35.5. The van der Waals surface area contributed by atoms with Crippen molar-refractivity contribution in [2.75, 3.05) is 6.54 Å². The molecule has 1 heterocycles. The molecular weight excluding hydrogens is 281 g/mol. The highest BCUT2D eigenvalue weighted by Crippen LogP contribution is 2.32. The number of ether oxygens (including phenoxy) is 1. The first-order chi connectivity index (χ1) is 9.24. The second kappa shape index (κ2) is 5.41. The van der Waals surface area contributed by atoms with E-state index < -0.39 is 0 Å². The van der Waals surface area contributed by atoms with Gasteiger partial charge < -0.3 is 10.1 Å². The Kier molecular flexibility index (Phi) is 3.65. The SMILES string of the molecule is Clc1ccc(C2CNCc3c(Cl)cccc3O2)cc1. The molecule has 1 atom stereocenters. The van der Waals surface area contributed by atoms with Crippen molar-refractivity contribution in [3.05, 3.63) is 63.6 Å². The zero-order valence-electron chi connectivity index (χ0n) is 10.2. The average Bonchev–Trinajstić information content (AvgIpc) is 2.63. The summed E-state index contributed by atoms with van der Waals surface area (Å²) in [4.78, 5) is 0. The molecule has 0 spiro atoms.